The highest BCUT2D eigenvalue weighted by Gasteiger charge is 2.29. The highest BCUT2D eigenvalue weighted by Crippen LogP contribution is 2.35. The van der Waals surface area contributed by atoms with Crippen LogP contribution < -0.4 is 5.32 Å². The van der Waals surface area contributed by atoms with E-state index in [1.807, 2.05) is 7.05 Å². The molecule has 1 nitrogen and oxygen atoms in total. The third-order valence-electron chi connectivity index (χ3n) is 5.03. The summed E-state index contributed by atoms with van der Waals surface area (Å²) >= 11 is 0. The van der Waals surface area contributed by atoms with Gasteiger partial charge >= 0.3 is 0 Å². The minimum absolute atomic E-state index is 0.268. The van der Waals surface area contributed by atoms with Crippen LogP contribution >= 0.6 is 0 Å². The van der Waals surface area contributed by atoms with Crippen LogP contribution in [0.4, 0.5) is 8.78 Å². The van der Waals surface area contributed by atoms with Gasteiger partial charge < -0.3 is 5.32 Å². The minimum atomic E-state index is -0.507. The molecule has 112 valence electrons. The van der Waals surface area contributed by atoms with Crippen LogP contribution in [0.15, 0.2) is 18.2 Å². The zero-order valence-electron chi connectivity index (χ0n) is 12.6. The monoisotopic (exact) mass is 281 g/mol. The van der Waals surface area contributed by atoms with E-state index in [9.17, 15) is 8.78 Å². The summed E-state index contributed by atoms with van der Waals surface area (Å²) in [5.41, 5.74) is 0.608. The second-order valence-corrected chi connectivity index (χ2v) is 6.36. The second-order valence-electron chi connectivity index (χ2n) is 6.36. The first-order valence-electron chi connectivity index (χ1n) is 7.62. The van der Waals surface area contributed by atoms with E-state index in [1.54, 1.807) is 6.07 Å². The summed E-state index contributed by atoms with van der Waals surface area (Å²) in [5.74, 6) is 1.15. The zero-order chi connectivity index (χ0) is 14.7. The second kappa shape index (κ2) is 6.66. The first-order chi connectivity index (χ1) is 9.51. The molecule has 4 atom stereocenters. The number of rotatable bonds is 4. The van der Waals surface area contributed by atoms with E-state index in [-0.39, 0.29) is 6.04 Å². The Balaban J connectivity index is 2.05. The molecule has 4 unspecified atom stereocenters. The van der Waals surface area contributed by atoms with Crippen LogP contribution in [0.5, 0.6) is 0 Å². The Morgan fingerprint density at radius 1 is 1.20 bits per heavy atom. The fraction of sp³-hybridized carbons (Fsp3) is 0.647. The topological polar surface area (TPSA) is 12.0 Å². The molecule has 0 saturated heterocycles. The molecule has 1 aliphatic rings. The minimum Gasteiger partial charge on any atom is -0.316 e. The van der Waals surface area contributed by atoms with Crippen LogP contribution in [0.1, 0.15) is 38.7 Å². The molecule has 0 aliphatic heterocycles. The van der Waals surface area contributed by atoms with Crippen LogP contribution in [0.3, 0.4) is 0 Å². The van der Waals surface area contributed by atoms with Crippen molar-refractivity contribution in [2.45, 2.75) is 45.6 Å². The standard InChI is InChI=1S/C17H25F2N/c1-11-4-5-14(8-12(11)2)17(20-3)9-13-6-7-15(18)10-16(13)19/h6-7,10-12,14,17,20H,4-5,8-9H2,1-3H3. The highest BCUT2D eigenvalue weighted by molar-refractivity contribution is 5.20. The molecule has 1 fully saturated rings. The van der Waals surface area contributed by atoms with E-state index in [0.717, 1.165) is 17.9 Å². The quantitative estimate of drug-likeness (QED) is 0.873. The van der Waals surface area contributed by atoms with Gasteiger partial charge in [-0.15, -0.1) is 0 Å². The van der Waals surface area contributed by atoms with Crippen LogP contribution in [-0.4, -0.2) is 13.1 Å². The lowest BCUT2D eigenvalue weighted by atomic mass is 9.72. The van der Waals surface area contributed by atoms with Gasteiger partial charge in [-0.3, -0.25) is 0 Å². The third-order valence-corrected chi connectivity index (χ3v) is 5.03. The van der Waals surface area contributed by atoms with Gasteiger partial charge in [0.05, 0.1) is 0 Å². The maximum absolute atomic E-state index is 13.8. The van der Waals surface area contributed by atoms with Crippen molar-refractivity contribution < 1.29 is 8.78 Å². The summed E-state index contributed by atoms with van der Waals surface area (Å²) in [4.78, 5) is 0. The predicted molar refractivity (Wildman–Crippen MR) is 78.6 cm³/mol. The van der Waals surface area contributed by atoms with Crippen LogP contribution in [-0.2, 0) is 6.42 Å². The zero-order valence-corrected chi connectivity index (χ0v) is 12.6. The van der Waals surface area contributed by atoms with Crippen molar-refractivity contribution >= 4 is 0 Å². The van der Waals surface area contributed by atoms with E-state index < -0.39 is 11.6 Å². The van der Waals surface area contributed by atoms with Crippen LogP contribution in [0.25, 0.3) is 0 Å². The Morgan fingerprint density at radius 3 is 2.55 bits per heavy atom. The summed E-state index contributed by atoms with van der Waals surface area (Å²) in [6.45, 7) is 4.62. The molecule has 0 radical (unpaired) electrons. The smallest absolute Gasteiger partial charge is 0.129 e. The Bertz CT molecular complexity index is 447. The fourth-order valence-corrected chi connectivity index (χ4v) is 3.38. The molecular weight excluding hydrogens is 256 g/mol. The van der Waals surface area contributed by atoms with Crippen molar-refractivity contribution in [3.05, 3.63) is 35.4 Å². The molecule has 20 heavy (non-hydrogen) atoms. The molecule has 1 aromatic rings. The Hall–Kier alpha value is -0.960. The lowest BCUT2D eigenvalue weighted by Crippen LogP contribution is -2.39. The van der Waals surface area contributed by atoms with E-state index in [2.05, 4.69) is 19.2 Å². The average Bonchev–Trinajstić information content (AvgIpc) is 2.41. The molecule has 1 saturated carbocycles. The molecule has 0 bridgehead atoms. The van der Waals surface area contributed by atoms with Gasteiger partial charge in [0.15, 0.2) is 0 Å². The van der Waals surface area contributed by atoms with Gasteiger partial charge in [0.1, 0.15) is 11.6 Å². The van der Waals surface area contributed by atoms with Crippen molar-refractivity contribution in [1.82, 2.24) is 5.32 Å². The molecule has 3 heteroatoms. The molecule has 2 rings (SSSR count). The van der Waals surface area contributed by atoms with E-state index in [4.69, 9.17) is 0 Å². The van der Waals surface area contributed by atoms with Crippen molar-refractivity contribution in [2.24, 2.45) is 17.8 Å². The molecule has 1 aliphatic carbocycles. The van der Waals surface area contributed by atoms with Crippen molar-refractivity contribution in [1.29, 1.82) is 0 Å². The van der Waals surface area contributed by atoms with Gasteiger partial charge in [-0.1, -0.05) is 26.3 Å². The number of halogens is 2. The molecule has 0 aromatic heterocycles. The van der Waals surface area contributed by atoms with Crippen LogP contribution in [0.2, 0.25) is 0 Å². The van der Waals surface area contributed by atoms with E-state index in [0.29, 0.717) is 17.9 Å². The number of likely N-dealkylation sites (N-methyl/N-ethyl adjacent to an activating group) is 1. The third kappa shape index (κ3) is 3.57. The largest absolute Gasteiger partial charge is 0.316 e. The lowest BCUT2D eigenvalue weighted by Gasteiger charge is -2.36. The molecular formula is C17H25F2N. The van der Waals surface area contributed by atoms with Crippen molar-refractivity contribution in [3.63, 3.8) is 0 Å². The van der Waals surface area contributed by atoms with Crippen molar-refractivity contribution in [2.75, 3.05) is 7.05 Å². The summed E-state index contributed by atoms with van der Waals surface area (Å²) in [5, 5.41) is 3.34. The van der Waals surface area contributed by atoms with Gasteiger partial charge in [-0.2, -0.15) is 0 Å². The number of nitrogens with one attached hydrogen (secondary N) is 1. The predicted octanol–water partition coefficient (Wildman–Crippen LogP) is 4.17. The van der Waals surface area contributed by atoms with Gasteiger partial charge in [-0.05, 0) is 55.7 Å². The Labute approximate surface area is 120 Å². The Morgan fingerprint density at radius 2 is 1.95 bits per heavy atom. The Kier molecular flexibility index (Phi) is 5.14. The first kappa shape index (κ1) is 15.4. The van der Waals surface area contributed by atoms with Gasteiger partial charge in [-0.25, -0.2) is 8.78 Å². The van der Waals surface area contributed by atoms with Crippen LogP contribution in [0, 0.1) is 29.4 Å². The van der Waals surface area contributed by atoms with Gasteiger partial charge in [0.2, 0.25) is 0 Å². The molecule has 1 N–H and O–H groups in total. The van der Waals surface area contributed by atoms with Gasteiger partial charge in [0, 0.05) is 12.1 Å². The number of benzene rings is 1. The van der Waals surface area contributed by atoms with E-state index in [1.165, 1.54) is 25.3 Å². The molecule has 1 aromatic carbocycles. The molecule has 0 amide bonds. The van der Waals surface area contributed by atoms with Gasteiger partial charge in [0.25, 0.3) is 0 Å². The number of hydrogen-bond donors (Lipinski definition) is 1. The highest BCUT2D eigenvalue weighted by atomic mass is 19.1. The average molecular weight is 281 g/mol. The SMILES string of the molecule is CNC(Cc1ccc(F)cc1F)C1CCC(C)C(C)C1. The maximum Gasteiger partial charge on any atom is 0.129 e. The normalized spacial score (nSPS) is 28.4. The number of hydrogen-bond acceptors (Lipinski definition) is 1. The van der Waals surface area contributed by atoms with Crippen molar-refractivity contribution in [3.8, 4) is 0 Å². The summed E-state index contributed by atoms with van der Waals surface area (Å²) < 4.78 is 26.7. The summed E-state index contributed by atoms with van der Waals surface area (Å²) in [6.07, 6.45) is 4.26. The fourth-order valence-electron chi connectivity index (χ4n) is 3.38. The summed E-state index contributed by atoms with van der Waals surface area (Å²) in [7, 11) is 1.94. The molecule has 0 spiro atoms. The molecule has 0 heterocycles. The van der Waals surface area contributed by atoms with E-state index >= 15 is 0 Å². The maximum atomic E-state index is 13.8. The lowest BCUT2D eigenvalue weighted by molar-refractivity contribution is 0.173. The summed E-state index contributed by atoms with van der Waals surface area (Å²) in [6, 6.07) is 4.17. The first-order valence-corrected chi connectivity index (χ1v) is 7.62.